The van der Waals surface area contributed by atoms with Crippen molar-refractivity contribution in [1.82, 2.24) is 0 Å². The molecule has 0 spiro atoms. The third-order valence-electron chi connectivity index (χ3n) is 3.02. The van der Waals surface area contributed by atoms with Gasteiger partial charge in [-0.3, -0.25) is 9.13 Å². The third-order valence-corrected chi connectivity index (χ3v) is 7.07. The topological polar surface area (TPSA) is 71.1 Å². The highest BCUT2D eigenvalue weighted by molar-refractivity contribution is 7.54. The van der Waals surface area contributed by atoms with E-state index in [1.807, 2.05) is 27.7 Å². The lowest BCUT2D eigenvalue weighted by Gasteiger charge is -2.21. The van der Waals surface area contributed by atoms with Crippen LogP contribution in [0.2, 0.25) is 0 Å². The van der Waals surface area contributed by atoms with Crippen molar-refractivity contribution in [2.45, 2.75) is 79.4 Å². The summed E-state index contributed by atoms with van der Waals surface area (Å²) in [6, 6.07) is 0. The maximum atomic E-state index is 12.0. The van der Waals surface area contributed by atoms with Gasteiger partial charge in [-0.25, -0.2) is 0 Å². The van der Waals surface area contributed by atoms with E-state index in [0.29, 0.717) is 19.4 Å². The van der Waals surface area contributed by atoms with Crippen molar-refractivity contribution in [3.63, 3.8) is 0 Å². The molecule has 0 aliphatic carbocycles. The SMILES string of the molecule is C=CCP(=O)(OC(C)C)OC(C)C.C=CCP(=O)(OCCCC)OCCCC. The maximum absolute atomic E-state index is 12.0. The molecule has 0 saturated carbocycles. The van der Waals surface area contributed by atoms with Crippen molar-refractivity contribution in [2.24, 2.45) is 0 Å². The lowest BCUT2D eigenvalue weighted by Crippen LogP contribution is -2.09. The van der Waals surface area contributed by atoms with Gasteiger partial charge >= 0.3 is 15.2 Å². The van der Waals surface area contributed by atoms with Gasteiger partial charge < -0.3 is 18.1 Å². The van der Waals surface area contributed by atoms with Crippen LogP contribution >= 0.6 is 15.2 Å². The first-order chi connectivity index (χ1) is 13.1. The summed E-state index contributed by atoms with van der Waals surface area (Å²) < 4.78 is 45.1. The van der Waals surface area contributed by atoms with E-state index >= 15 is 0 Å². The largest absolute Gasteiger partial charge is 0.334 e. The van der Waals surface area contributed by atoms with Crippen molar-refractivity contribution in [3.8, 4) is 0 Å². The van der Waals surface area contributed by atoms with E-state index in [9.17, 15) is 9.13 Å². The van der Waals surface area contributed by atoms with Crippen molar-refractivity contribution in [1.29, 1.82) is 0 Å². The molecule has 6 nitrogen and oxygen atoms in total. The normalized spacial score (nSPS) is 12.0. The van der Waals surface area contributed by atoms with Crippen LogP contribution < -0.4 is 0 Å². The average molecular weight is 440 g/mol. The van der Waals surface area contributed by atoms with Crippen LogP contribution in [0.5, 0.6) is 0 Å². The molecule has 0 saturated heterocycles. The first kappa shape index (κ1) is 30.0. The van der Waals surface area contributed by atoms with Gasteiger partial charge in [-0.05, 0) is 40.5 Å². The molecular formula is C20H42O6P2. The summed E-state index contributed by atoms with van der Waals surface area (Å²) in [4.78, 5) is 0. The Morgan fingerprint density at radius 3 is 1.39 bits per heavy atom. The molecule has 0 N–H and O–H groups in total. The summed E-state index contributed by atoms with van der Waals surface area (Å²) in [7, 11) is -5.85. The van der Waals surface area contributed by atoms with Crippen molar-refractivity contribution < 1.29 is 27.2 Å². The summed E-state index contributed by atoms with van der Waals surface area (Å²) in [5, 5.41) is 0. The van der Waals surface area contributed by atoms with E-state index in [1.165, 1.54) is 0 Å². The zero-order valence-electron chi connectivity index (χ0n) is 18.7. The monoisotopic (exact) mass is 440 g/mol. The standard InChI is InChI=1S/C11H23O3P.C9H19O3P/c1-4-7-9-13-15(12,11-6-3)14-10-8-5-2;1-6-7-13(10,11-8(2)3)12-9(4)5/h6H,3-5,7-11H2,1-2H3;6,8-9H,1,7H2,2-5H3. The Morgan fingerprint density at radius 1 is 0.750 bits per heavy atom. The molecule has 0 radical (unpaired) electrons. The van der Waals surface area contributed by atoms with Gasteiger partial charge in [0.15, 0.2) is 0 Å². The molecule has 0 atom stereocenters. The molecular weight excluding hydrogens is 398 g/mol. The van der Waals surface area contributed by atoms with E-state index in [2.05, 4.69) is 27.0 Å². The van der Waals surface area contributed by atoms with Crippen LogP contribution in [-0.2, 0) is 27.2 Å². The van der Waals surface area contributed by atoms with Gasteiger partial charge in [0, 0.05) is 0 Å². The molecule has 0 aromatic rings. The molecule has 28 heavy (non-hydrogen) atoms. The summed E-state index contributed by atoms with van der Waals surface area (Å²) in [5.74, 6) is 0. The Morgan fingerprint density at radius 2 is 1.11 bits per heavy atom. The van der Waals surface area contributed by atoms with Crippen LogP contribution in [-0.4, -0.2) is 37.7 Å². The maximum Gasteiger partial charge on any atom is 0.334 e. The zero-order chi connectivity index (χ0) is 22.1. The summed E-state index contributed by atoms with van der Waals surface area (Å²) in [5.41, 5.74) is 0. The molecule has 0 heterocycles. The second-order valence-electron chi connectivity index (χ2n) is 6.85. The van der Waals surface area contributed by atoms with Gasteiger partial charge in [-0.2, -0.15) is 0 Å². The minimum atomic E-state index is -2.95. The Balaban J connectivity index is 0. The molecule has 0 aromatic heterocycles. The first-order valence-corrected chi connectivity index (χ1v) is 13.6. The minimum Gasteiger partial charge on any atom is -0.308 e. The highest BCUT2D eigenvalue weighted by Gasteiger charge is 2.25. The average Bonchev–Trinajstić information content (AvgIpc) is 2.54. The number of unbranched alkanes of at least 4 members (excludes halogenated alkanes) is 2. The van der Waals surface area contributed by atoms with Crippen molar-refractivity contribution in [3.05, 3.63) is 25.3 Å². The van der Waals surface area contributed by atoms with Crippen LogP contribution in [0.1, 0.15) is 67.2 Å². The summed E-state index contributed by atoms with van der Waals surface area (Å²) >= 11 is 0. The van der Waals surface area contributed by atoms with Crippen LogP contribution in [0.15, 0.2) is 25.3 Å². The second-order valence-corrected chi connectivity index (χ2v) is 11.0. The molecule has 0 aliphatic heterocycles. The van der Waals surface area contributed by atoms with Crippen LogP contribution in [0.4, 0.5) is 0 Å². The van der Waals surface area contributed by atoms with Gasteiger partial charge in [0.25, 0.3) is 0 Å². The van der Waals surface area contributed by atoms with E-state index in [0.717, 1.165) is 25.7 Å². The number of hydrogen-bond acceptors (Lipinski definition) is 6. The zero-order valence-corrected chi connectivity index (χ0v) is 20.5. The van der Waals surface area contributed by atoms with E-state index < -0.39 is 15.2 Å². The van der Waals surface area contributed by atoms with E-state index in [4.69, 9.17) is 18.1 Å². The van der Waals surface area contributed by atoms with Gasteiger partial charge in [0.05, 0.1) is 37.7 Å². The van der Waals surface area contributed by atoms with Gasteiger partial charge in [-0.15, -0.1) is 13.2 Å². The van der Waals surface area contributed by atoms with Gasteiger partial charge in [0.1, 0.15) is 0 Å². The van der Waals surface area contributed by atoms with E-state index in [1.54, 1.807) is 12.2 Å². The Bertz CT molecular complexity index is 463. The smallest absolute Gasteiger partial charge is 0.308 e. The molecule has 0 fully saturated rings. The highest BCUT2D eigenvalue weighted by atomic mass is 31.2. The van der Waals surface area contributed by atoms with Crippen LogP contribution in [0, 0.1) is 0 Å². The second kappa shape index (κ2) is 17.6. The minimum absolute atomic E-state index is 0.0930. The van der Waals surface area contributed by atoms with Crippen molar-refractivity contribution >= 4 is 15.2 Å². The molecule has 0 unspecified atom stereocenters. The lowest BCUT2D eigenvalue weighted by molar-refractivity contribution is 0.144. The number of allylic oxidation sites excluding steroid dienone is 2. The predicted octanol–water partition coefficient (Wildman–Crippen LogP) is 7.21. The summed E-state index contributed by atoms with van der Waals surface area (Å²) in [6.45, 7) is 19.6. The van der Waals surface area contributed by atoms with Crippen LogP contribution in [0.25, 0.3) is 0 Å². The summed E-state index contributed by atoms with van der Waals surface area (Å²) in [6.07, 6.45) is 7.44. The Hall–Kier alpha value is -0.220. The molecule has 0 rings (SSSR count). The van der Waals surface area contributed by atoms with Gasteiger partial charge in [0.2, 0.25) is 0 Å². The van der Waals surface area contributed by atoms with Crippen molar-refractivity contribution in [2.75, 3.05) is 25.5 Å². The molecule has 0 bridgehead atoms. The highest BCUT2D eigenvalue weighted by Crippen LogP contribution is 2.50. The quantitative estimate of drug-likeness (QED) is 0.143. The molecule has 8 heteroatoms. The van der Waals surface area contributed by atoms with E-state index in [-0.39, 0.29) is 18.4 Å². The molecule has 0 amide bonds. The molecule has 0 aliphatic rings. The lowest BCUT2D eigenvalue weighted by atomic mass is 10.4. The fraction of sp³-hybridized carbons (Fsp3) is 0.800. The Kier molecular flexibility index (Phi) is 18.9. The predicted molar refractivity (Wildman–Crippen MR) is 120 cm³/mol. The third kappa shape index (κ3) is 17.8. The molecule has 0 aromatic carbocycles. The molecule has 168 valence electrons. The van der Waals surface area contributed by atoms with Crippen LogP contribution in [0.3, 0.4) is 0 Å². The first-order valence-electron chi connectivity index (χ1n) is 10.1. The number of hydrogen-bond donors (Lipinski definition) is 0. The van der Waals surface area contributed by atoms with Gasteiger partial charge in [-0.1, -0.05) is 38.8 Å². The fourth-order valence-electron chi connectivity index (χ4n) is 1.91. The number of rotatable bonds is 16. The Labute approximate surface area is 173 Å². The fourth-order valence-corrected chi connectivity index (χ4v) is 5.15.